The predicted molar refractivity (Wildman–Crippen MR) is 74.3 cm³/mol. The van der Waals surface area contributed by atoms with Crippen molar-refractivity contribution in [2.75, 3.05) is 19.6 Å². The van der Waals surface area contributed by atoms with E-state index in [-0.39, 0.29) is 0 Å². The van der Waals surface area contributed by atoms with Gasteiger partial charge in [0.15, 0.2) is 0 Å². The van der Waals surface area contributed by atoms with Gasteiger partial charge in [-0.15, -0.1) is 0 Å². The van der Waals surface area contributed by atoms with Gasteiger partial charge in [0.2, 0.25) is 0 Å². The number of nitrogens with one attached hydrogen (secondary N) is 1. The van der Waals surface area contributed by atoms with Crippen LogP contribution in [0.5, 0.6) is 0 Å². The number of nitrogens with zero attached hydrogens (tertiary/aromatic N) is 1. The van der Waals surface area contributed by atoms with Gasteiger partial charge in [0.1, 0.15) is 0 Å². The lowest BCUT2D eigenvalue weighted by atomic mass is 9.75. The van der Waals surface area contributed by atoms with Crippen LogP contribution in [0.3, 0.4) is 0 Å². The molecule has 2 nitrogen and oxygen atoms in total. The molecule has 0 aromatic rings. The van der Waals surface area contributed by atoms with Gasteiger partial charge in [-0.05, 0) is 63.6 Å². The lowest BCUT2D eigenvalue weighted by molar-refractivity contribution is 0.164. The first-order valence-electron chi connectivity index (χ1n) is 7.57. The van der Waals surface area contributed by atoms with Crippen molar-refractivity contribution in [1.82, 2.24) is 10.2 Å². The van der Waals surface area contributed by atoms with E-state index in [9.17, 15) is 0 Å². The molecule has 2 aliphatic rings. The van der Waals surface area contributed by atoms with Crippen LogP contribution in [0.25, 0.3) is 0 Å². The summed E-state index contributed by atoms with van der Waals surface area (Å²) in [6.07, 6.45) is 8.29. The lowest BCUT2D eigenvalue weighted by Crippen LogP contribution is -2.47. The van der Waals surface area contributed by atoms with Crippen LogP contribution in [0.15, 0.2) is 0 Å². The van der Waals surface area contributed by atoms with Gasteiger partial charge in [0, 0.05) is 12.1 Å². The summed E-state index contributed by atoms with van der Waals surface area (Å²) in [7, 11) is 0. The van der Waals surface area contributed by atoms with Gasteiger partial charge in [-0.2, -0.15) is 0 Å². The Labute approximate surface area is 107 Å². The van der Waals surface area contributed by atoms with Crippen LogP contribution in [0.2, 0.25) is 0 Å². The number of piperidine rings is 1. The zero-order valence-electron chi connectivity index (χ0n) is 12.0. The first kappa shape index (κ1) is 13.4. The summed E-state index contributed by atoms with van der Waals surface area (Å²) < 4.78 is 0. The van der Waals surface area contributed by atoms with Crippen molar-refractivity contribution in [2.45, 2.75) is 71.4 Å². The highest BCUT2D eigenvalue weighted by atomic mass is 15.1. The molecule has 0 amide bonds. The molecule has 1 N–H and O–H groups in total. The van der Waals surface area contributed by atoms with Crippen LogP contribution in [0.1, 0.15) is 59.3 Å². The van der Waals surface area contributed by atoms with E-state index in [4.69, 9.17) is 0 Å². The monoisotopic (exact) mass is 238 g/mol. The minimum atomic E-state index is 0.601. The molecular formula is C15H30N2. The highest BCUT2D eigenvalue weighted by Gasteiger charge is 2.28. The van der Waals surface area contributed by atoms with E-state index in [2.05, 4.69) is 31.0 Å². The normalized spacial score (nSPS) is 28.4. The molecule has 2 heteroatoms. The summed E-state index contributed by atoms with van der Waals surface area (Å²) in [6.45, 7) is 10.9. The van der Waals surface area contributed by atoms with E-state index in [1.165, 1.54) is 58.2 Å². The molecular weight excluding hydrogens is 208 g/mol. The van der Waals surface area contributed by atoms with Crippen LogP contribution < -0.4 is 5.32 Å². The standard InChI is InChI=1S/C15H30N2/c1-4-17-11-7-14(8-12-17)16-13-5-9-15(2,3)10-6-13/h13-14,16H,4-12H2,1-3H3. The Morgan fingerprint density at radius 3 is 2.06 bits per heavy atom. The van der Waals surface area contributed by atoms with Crippen LogP contribution in [-0.2, 0) is 0 Å². The molecule has 0 unspecified atom stereocenters. The maximum atomic E-state index is 3.91. The molecule has 1 saturated heterocycles. The molecule has 0 aromatic heterocycles. The fourth-order valence-electron chi connectivity index (χ4n) is 3.32. The van der Waals surface area contributed by atoms with Crippen LogP contribution in [-0.4, -0.2) is 36.6 Å². The topological polar surface area (TPSA) is 15.3 Å². The zero-order valence-corrected chi connectivity index (χ0v) is 12.0. The van der Waals surface area contributed by atoms with Crippen molar-refractivity contribution < 1.29 is 0 Å². The lowest BCUT2D eigenvalue weighted by Gasteiger charge is -2.38. The smallest absolute Gasteiger partial charge is 0.00940 e. The van der Waals surface area contributed by atoms with Crippen molar-refractivity contribution in [3.8, 4) is 0 Å². The maximum Gasteiger partial charge on any atom is 0.00940 e. The Morgan fingerprint density at radius 1 is 1.00 bits per heavy atom. The molecule has 1 aliphatic heterocycles. The minimum Gasteiger partial charge on any atom is -0.311 e. The molecule has 2 fully saturated rings. The first-order valence-corrected chi connectivity index (χ1v) is 7.57. The highest BCUT2D eigenvalue weighted by molar-refractivity contribution is 4.86. The molecule has 0 aromatic carbocycles. The molecule has 2 rings (SSSR count). The second kappa shape index (κ2) is 5.71. The largest absolute Gasteiger partial charge is 0.311 e. The Bertz CT molecular complexity index is 219. The molecule has 0 spiro atoms. The second-order valence-electron chi connectivity index (χ2n) is 6.81. The maximum absolute atomic E-state index is 3.91. The van der Waals surface area contributed by atoms with Gasteiger partial charge < -0.3 is 10.2 Å². The van der Waals surface area contributed by atoms with Gasteiger partial charge in [-0.25, -0.2) is 0 Å². The molecule has 1 heterocycles. The number of rotatable bonds is 3. The molecule has 1 aliphatic carbocycles. The van der Waals surface area contributed by atoms with Crippen molar-refractivity contribution in [1.29, 1.82) is 0 Å². The van der Waals surface area contributed by atoms with Crippen molar-refractivity contribution >= 4 is 0 Å². The van der Waals surface area contributed by atoms with Gasteiger partial charge in [-0.3, -0.25) is 0 Å². The Balaban J connectivity index is 1.69. The summed E-state index contributed by atoms with van der Waals surface area (Å²) in [5.74, 6) is 0. The van der Waals surface area contributed by atoms with E-state index >= 15 is 0 Å². The summed E-state index contributed by atoms with van der Waals surface area (Å²) in [5, 5.41) is 3.91. The third kappa shape index (κ3) is 3.96. The molecule has 1 saturated carbocycles. The Hall–Kier alpha value is -0.0800. The van der Waals surface area contributed by atoms with Crippen molar-refractivity contribution in [2.24, 2.45) is 5.41 Å². The molecule has 0 radical (unpaired) electrons. The Morgan fingerprint density at radius 2 is 1.53 bits per heavy atom. The van der Waals surface area contributed by atoms with Crippen LogP contribution in [0.4, 0.5) is 0 Å². The predicted octanol–water partition coefficient (Wildman–Crippen LogP) is 3.03. The van der Waals surface area contributed by atoms with E-state index in [0.717, 1.165) is 12.1 Å². The number of hydrogen-bond acceptors (Lipinski definition) is 2. The quantitative estimate of drug-likeness (QED) is 0.813. The van der Waals surface area contributed by atoms with Gasteiger partial charge in [0.25, 0.3) is 0 Å². The van der Waals surface area contributed by atoms with Crippen LogP contribution in [0, 0.1) is 5.41 Å². The number of hydrogen-bond donors (Lipinski definition) is 1. The average Bonchev–Trinajstić information content (AvgIpc) is 2.33. The van der Waals surface area contributed by atoms with Crippen molar-refractivity contribution in [3.63, 3.8) is 0 Å². The minimum absolute atomic E-state index is 0.601. The molecule has 100 valence electrons. The third-order valence-electron chi connectivity index (χ3n) is 4.85. The third-order valence-corrected chi connectivity index (χ3v) is 4.85. The molecule has 17 heavy (non-hydrogen) atoms. The summed E-state index contributed by atoms with van der Waals surface area (Å²) in [5.41, 5.74) is 0.601. The van der Waals surface area contributed by atoms with E-state index < -0.39 is 0 Å². The van der Waals surface area contributed by atoms with Gasteiger partial charge in [-0.1, -0.05) is 20.8 Å². The van der Waals surface area contributed by atoms with Gasteiger partial charge >= 0.3 is 0 Å². The highest BCUT2D eigenvalue weighted by Crippen LogP contribution is 2.35. The second-order valence-corrected chi connectivity index (χ2v) is 6.81. The first-order chi connectivity index (χ1) is 8.09. The fourth-order valence-corrected chi connectivity index (χ4v) is 3.32. The zero-order chi connectivity index (χ0) is 12.3. The average molecular weight is 238 g/mol. The summed E-state index contributed by atoms with van der Waals surface area (Å²) in [6, 6.07) is 1.60. The van der Waals surface area contributed by atoms with E-state index in [1.54, 1.807) is 0 Å². The van der Waals surface area contributed by atoms with Gasteiger partial charge in [0.05, 0.1) is 0 Å². The fraction of sp³-hybridized carbons (Fsp3) is 1.00. The number of likely N-dealkylation sites (tertiary alicyclic amines) is 1. The summed E-state index contributed by atoms with van der Waals surface area (Å²) in [4.78, 5) is 2.57. The van der Waals surface area contributed by atoms with Crippen LogP contribution >= 0.6 is 0 Å². The molecule has 0 bridgehead atoms. The SMILES string of the molecule is CCN1CCC(NC2CCC(C)(C)CC2)CC1. The summed E-state index contributed by atoms with van der Waals surface area (Å²) >= 11 is 0. The molecule has 0 atom stereocenters. The van der Waals surface area contributed by atoms with E-state index in [0.29, 0.717) is 5.41 Å². The van der Waals surface area contributed by atoms with E-state index in [1.807, 2.05) is 0 Å². The van der Waals surface area contributed by atoms with Crippen molar-refractivity contribution in [3.05, 3.63) is 0 Å². The Kier molecular flexibility index (Phi) is 4.48.